The van der Waals surface area contributed by atoms with Crippen molar-refractivity contribution < 1.29 is 4.74 Å². The number of methoxy groups -OCH3 is 1. The molecular weight excluding hydrogens is 278 g/mol. The molecule has 0 aliphatic heterocycles. The number of rotatable bonds is 3. The molecule has 0 fully saturated rings. The molecule has 0 unspecified atom stereocenters. The molecule has 112 valence electrons. The summed E-state index contributed by atoms with van der Waals surface area (Å²) in [4.78, 5) is 16.4. The van der Waals surface area contributed by atoms with Crippen LogP contribution in [0.15, 0.2) is 52.3 Å². The smallest absolute Gasteiger partial charge is 0.328 e. The van der Waals surface area contributed by atoms with Crippen molar-refractivity contribution in [2.24, 2.45) is 19.1 Å². The van der Waals surface area contributed by atoms with Gasteiger partial charge < -0.3 is 4.74 Å². The third-order valence-electron chi connectivity index (χ3n) is 3.73. The van der Waals surface area contributed by atoms with Gasteiger partial charge in [-0.05, 0) is 48.0 Å². The number of ether oxygens (including phenoxy) is 1. The van der Waals surface area contributed by atoms with Gasteiger partial charge in [-0.25, -0.2) is 4.79 Å². The summed E-state index contributed by atoms with van der Waals surface area (Å²) in [5.41, 5.74) is 3.53. The van der Waals surface area contributed by atoms with Gasteiger partial charge in [-0.3, -0.25) is 14.1 Å². The Morgan fingerprint density at radius 3 is 2.36 bits per heavy atom. The highest BCUT2D eigenvalue weighted by molar-refractivity contribution is 5.85. The molecule has 0 saturated heterocycles. The Morgan fingerprint density at radius 2 is 1.68 bits per heavy atom. The normalized spacial score (nSPS) is 11.4. The molecule has 1 heterocycles. The zero-order valence-electron chi connectivity index (χ0n) is 12.8. The fraction of sp³-hybridized carbons (Fsp3) is 0.176. The van der Waals surface area contributed by atoms with Crippen LogP contribution in [0.2, 0.25) is 0 Å². The molecule has 0 aliphatic rings. The van der Waals surface area contributed by atoms with Crippen LogP contribution in [0.1, 0.15) is 5.56 Å². The molecular formula is C17H17N3O2. The van der Waals surface area contributed by atoms with Crippen LogP contribution >= 0.6 is 0 Å². The molecule has 0 spiro atoms. The molecule has 3 aromatic rings. The van der Waals surface area contributed by atoms with Crippen LogP contribution in [0.4, 0.5) is 5.69 Å². The Labute approximate surface area is 128 Å². The first-order valence-corrected chi connectivity index (χ1v) is 6.94. The van der Waals surface area contributed by atoms with Crippen molar-refractivity contribution in [2.45, 2.75) is 0 Å². The summed E-state index contributed by atoms with van der Waals surface area (Å²) in [6.45, 7) is 0. The topological polar surface area (TPSA) is 48.5 Å². The minimum atomic E-state index is -0.0358. The maximum Gasteiger partial charge on any atom is 0.328 e. The first kappa shape index (κ1) is 14.1. The summed E-state index contributed by atoms with van der Waals surface area (Å²) in [7, 11) is 5.18. The van der Waals surface area contributed by atoms with Gasteiger partial charge in [0.1, 0.15) is 5.75 Å². The predicted molar refractivity (Wildman–Crippen MR) is 88.4 cm³/mol. The fourth-order valence-electron chi connectivity index (χ4n) is 2.41. The first-order valence-electron chi connectivity index (χ1n) is 6.94. The molecule has 0 amide bonds. The van der Waals surface area contributed by atoms with E-state index in [9.17, 15) is 4.79 Å². The lowest BCUT2D eigenvalue weighted by Gasteiger charge is -2.00. The molecule has 5 heteroatoms. The Balaban J connectivity index is 1.94. The average molecular weight is 295 g/mol. The SMILES string of the molecule is COc1ccc(C=Nc2ccc3c(c2)n(C)c(=O)n3C)cc1. The summed E-state index contributed by atoms with van der Waals surface area (Å²) in [6.07, 6.45) is 1.79. The minimum absolute atomic E-state index is 0.0358. The first-order chi connectivity index (χ1) is 10.6. The van der Waals surface area contributed by atoms with Crippen LogP contribution in [0.3, 0.4) is 0 Å². The number of aliphatic imine (C=N–C) groups is 1. The van der Waals surface area contributed by atoms with Crippen molar-refractivity contribution >= 4 is 22.9 Å². The average Bonchev–Trinajstić information content (AvgIpc) is 2.78. The second-order valence-corrected chi connectivity index (χ2v) is 5.10. The molecule has 3 rings (SSSR count). The van der Waals surface area contributed by atoms with Crippen molar-refractivity contribution in [3.8, 4) is 5.75 Å². The number of nitrogens with zero attached hydrogens (tertiary/aromatic N) is 3. The van der Waals surface area contributed by atoms with Gasteiger partial charge in [0, 0.05) is 20.3 Å². The summed E-state index contributed by atoms with van der Waals surface area (Å²) >= 11 is 0. The van der Waals surface area contributed by atoms with E-state index in [4.69, 9.17) is 4.74 Å². The van der Waals surface area contributed by atoms with Crippen LogP contribution in [-0.2, 0) is 14.1 Å². The molecule has 0 aliphatic carbocycles. The fourth-order valence-corrected chi connectivity index (χ4v) is 2.41. The summed E-state index contributed by atoms with van der Waals surface area (Å²) in [5.74, 6) is 0.817. The van der Waals surface area contributed by atoms with E-state index in [2.05, 4.69) is 4.99 Å². The second kappa shape index (κ2) is 5.52. The monoisotopic (exact) mass is 295 g/mol. The molecule has 0 N–H and O–H groups in total. The van der Waals surface area contributed by atoms with E-state index < -0.39 is 0 Å². The molecule has 5 nitrogen and oxygen atoms in total. The Morgan fingerprint density at radius 1 is 1.00 bits per heavy atom. The zero-order chi connectivity index (χ0) is 15.7. The van der Waals surface area contributed by atoms with E-state index in [1.165, 1.54) is 0 Å². The predicted octanol–water partition coefficient (Wildman–Crippen LogP) is 2.64. The number of fused-ring (bicyclic) bond motifs is 1. The largest absolute Gasteiger partial charge is 0.497 e. The number of benzene rings is 2. The van der Waals surface area contributed by atoms with Crippen molar-refractivity contribution in [1.29, 1.82) is 0 Å². The number of hydrogen-bond donors (Lipinski definition) is 0. The molecule has 22 heavy (non-hydrogen) atoms. The van der Waals surface area contributed by atoms with Gasteiger partial charge in [-0.2, -0.15) is 0 Å². The lowest BCUT2D eigenvalue weighted by Crippen LogP contribution is -2.19. The minimum Gasteiger partial charge on any atom is -0.497 e. The van der Waals surface area contributed by atoms with Crippen molar-refractivity contribution in [1.82, 2.24) is 9.13 Å². The standard InChI is InChI=1S/C17H17N3O2/c1-19-15-9-6-13(10-16(15)20(2)17(19)21)18-11-12-4-7-14(22-3)8-5-12/h4-11H,1-3H3. The number of imidazole rings is 1. The van der Waals surface area contributed by atoms with Crippen LogP contribution in [0.5, 0.6) is 5.75 Å². The molecule has 0 saturated carbocycles. The highest BCUT2D eigenvalue weighted by Crippen LogP contribution is 2.20. The van der Waals surface area contributed by atoms with Gasteiger partial charge in [0.2, 0.25) is 0 Å². The Bertz CT molecular complexity index is 902. The van der Waals surface area contributed by atoms with E-state index in [0.717, 1.165) is 28.0 Å². The van der Waals surface area contributed by atoms with Gasteiger partial charge in [-0.1, -0.05) is 0 Å². The van der Waals surface area contributed by atoms with Crippen molar-refractivity contribution in [3.05, 3.63) is 58.5 Å². The van der Waals surface area contributed by atoms with E-state index in [1.807, 2.05) is 42.5 Å². The molecule has 0 radical (unpaired) electrons. The highest BCUT2D eigenvalue weighted by atomic mass is 16.5. The lowest BCUT2D eigenvalue weighted by atomic mass is 10.2. The van der Waals surface area contributed by atoms with Crippen LogP contribution in [0.25, 0.3) is 11.0 Å². The van der Waals surface area contributed by atoms with E-state index in [-0.39, 0.29) is 5.69 Å². The lowest BCUT2D eigenvalue weighted by molar-refractivity contribution is 0.415. The van der Waals surface area contributed by atoms with E-state index in [0.29, 0.717) is 0 Å². The van der Waals surface area contributed by atoms with Crippen LogP contribution < -0.4 is 10.4 Å². The quantitative estimate of drug-likeness (QED) is 0.697. The Hall–Kier alpha value is -2.82. The van der Waals surface area contributed by atoms with Gasteiger partial charge in [0.05, 0.1) is 23.8 Å². The van der Waals surface area contributed by atoms with E-state index >= 15 is 0 Å². The number of aryl methyl sites for hydroxylation is 2. The summed E-state index contributed by atoms with van der Waals surface area (Å²) in [5, 5.41) is 0. The van der Waals surface area contributed by atoms with Crippen LogP contribution in [-0.4, -0.2) is 22.5 Å². The maximum atomic E-state index is 11.9. The highest BCUT2D eigenvalue weighted by Gasteiger charge is 2.07. The molecule has 0 atom stereocenters. The molecule has 0 bridgehead atoms. The van der Waals surface area contributed by atoms with Crippen molar-refractivity contribution in [2.75, 3.05) is 7.11 Å². The van der Waals surface area contributed by atoms with Crippen LogP contribution in [0, 0.1) is 0 Å². The van der Waals surface area contributed by atoms with Gasteiger partial charge in [-0.15, -0.1) is 0 Å². The second-order valence-electron chi connectivity index (χ2n) is 5.10. The number of hydrogen-bond acceptors (Lipinski definition) is 3. The number of aromatic nitrogens is 2. The summed E-state index contributed by atoms with van der Waals surface area (Å²) in [6, 6.07) is 13.4. The van der Waals surface area contributed by atoms with E-state index in [1.54, 1.807) is 36.6 Å². The van der Waals surface area contributed by atoms with Gasteiger partial charge in [0.15, 0.2) is 0 Å². The maximum absolute atomic E-state index is 11.9. The third kappa shape index (κ3) is 2.41. The summed E-state index contributed by atoms with van der Waals surface area (Å²) < 4.78 is 8.39. The van der Waals surface area contributed by atoms with Gasteiger partial charge >= 0.3 is 5.69 Å². The van der Waals surface area contributed by atoms with Gasteiger partial charge in [0.25, 0.3) is 0 Å². The van der Waals surface area contributed by atoms with Crippen molar-refractivity contribution in [3.63, 3.8) is 0 Å². The zero-order valence-corrected chi connectivity index (χ0v) is 12.8. The third-order valence-corrected chi connectivity index (χ3v) is 3.73. The Kier molecular flexibility index (Phi) is 3.55. The molecule has 2 aromatic carbocycles. The molecule has 1 aromatic heterocycles.